The van der Waals surface area contributed by atoms with Crippen LogP contribution in [-0.4, -0.2) is 17.8 Å². The maximum atomic E-state index is 5.28. The zero-order valence-electron chi connectivity index (χ0n) is 8.58. The fourth-order valence-electron chi connectivity index (χ4n) is 2.20. The van der Waals surface area contributed by atoms with E-state index in [0.717, 1.165) is 0 Å². The minimum absolute atomic E-state index is 0.492. The minimum atomic E-state index is 0.492. The number of aryl methyl sites for hydroxylation is 2. The van der Waals surface area contributed by atoms with Gasteiger partial charge >= 0.3 is 0 Å². The molecule has 1 saturated carbocycles. The van der Waals surface area contributed by atoms with Gasteiger partial charge in [-0.3, -0.25) is 0 Å². The summed E-state index contributed by atoms with van der Waals surface area (Å²) in [6.45, 7) is 4.35. The fourth-order valence-corrected chi connectivity index (χ4v) is 2.20. The third-order valence-corrected chi connectivity index (χ3v) is 3.09. The van der Waals surface area contributed by atoms with Gasteiger partial charge in [0, 0.05) is 24.5 Å². The molecule has 2 rings (SSSR count). The Kier molecular flexibility index (Phi) is 2.16. The zero-order valence-corrected chi connectivity index (χ0v) is 8.58. The number of hydrogen-bond acceptors (Lipinski definition) is 1. The van der Waals surface area contributed by atoms with Crippen LogP contribution in [0.3, 0.4) is 0 Å². The minimum Gasteiger partial charge on any atom is -0.381 e. The molecule has 0 bridgehead atoms. The average Bonchev–Trinajstić information content (AvgIpc) is 2.33. The summed E-state index contributed by atoms with van der Waals surface area (Å²) < 4.78 is 7.71. The molecule has 0 atom stereocenters. The smallest absolute Gasteiger partial charge is 0.0610 e. The van der Waals surface area contributed by atoms with Gasteiger partial charge in [-0.25, -0.2) is 0 Å². The van der Waals surface area contributed by atoms with E-state index < -0.39 is 0 Å². The first-order valence-electron chi connectivity index (χ1n) is 4.89. The summed E-state index contributed by atoms with van der Waals surface area (Å²) in [5.41, 5.74) is 2.74. The van der Waals surface area contributed by atoms with E-state index in [-0.39, 0.29) is 0 Å². The molecule has 1 heterocycles. The van der Waals surface area contributed by atoms with E-state index >= 15 is 0 Å². The van der Waals surface area contributed by atoms with E-state index in [1.165, 1.54) is 24.2 Å². The van der Waals surface area contributed by atoms with Gasteiger partial charge in [0.25, 0.3) is 0 Å². The summed E-state index contributed by atoms with van der Waals surface area (Å²) in [5.74, 6) is 0. The van der Waals surface area contributed by atoms with E-state index in [1.54, 1.807) is 7.11 Å². The molecule has 0 aliphatic heterocycles. The molecule has 0 radical (unpaired) electrons. The first-order chi connectivity index (χ1) is 6.22. The SMILES string of the molecule is COC1CC(n2c(C)ccc2C)C1. The molecule has 0 unspecified atom stereocenters. The van der Waals surface area contributed by atoms with Crippen molar-refractivity contribution in [3.05, 3.63) is 23.5 Å². The lowest BCUT2D eigenvalue weighted by Gasteiger charge is -2.37. The number of ether oxygens (including phenoxy) is 1. The van der Waals surface area contributed by atoms with Crippen LogP contribution in [0.25, 0.3) is 0 Å². The molecule has 0 N–H and O–H groups in total. The van der Waals surface area contributed by atoms with Crippen LogP contribution < -0.4 is 0 Å². The average molecular weight is 179 g/mol. The number of rotatable bonds is 2. The quantitative estimate of drug-likeness (QED) is 0.680. The van der Waals surface area contributed by atoms with Gasteiger partial charge in [-0.15, -0.1) is 0 Å². The van der Waals surface area contributed by atoms with Crippen molar-refractivity contribution in [2.24, 2.45) is 0 Å². The Hall–Kier alpha value is -0.760. The van der Waals surface area contributed by atoms with Gasteiger partial charge in [0.1, 0.15) is 0 Å². The Morgan fingerprint density at radius 3 is 2.23 bits per heavy atom. The van der Waals surface area contributed by atoms with Crippen LogP contribution in [0.2, 0.25) is 0 Å². The van der Waals surface area contributed by atoms with Crippen molar-refractivity contribution < 1.29 is 4.74 Å². The van der Waals surface area contributed by atoms with Gasteiger partial charge in [0.15, 0.2) is 0 Å². The van der Waals surface area contributed by atoms with Gasteiger partial charge < -0.3 is 9.30 Å². The lowest BCUT2D eigenvalue weighted by molar-refractivity contribution is 0.00527. The first kappa shape index (κ1) is 8.82. The van der Waals surface area contributed by atoms with Crippen LogP contribution in [0.15, 0.2) is 12.1 Å². The summed E-state index contributed by atoms with van der Waals surface area (Å²) in [6.07, 6.45) is 2.84. The Morgan fingerprint density at radius 2 is 1.77 bits per heavy atom. The number of nitrogens with zero attached hydrogens (tertiary/aromatic N) is 1. The summed E-state index contributed by atoms with van der Waals surface area (Å²) in [4.78, 5) is 0. The van der Waals surface area contributed by atoms with Gasteiger partial charge in [-0.05, 0) is 38.8 Å². The third-order valence-electron chi connectivity index (χ3n) is 3.09. The highest BCUT2D eigenvalue weighted by Crippen LogP contribution is 2.36. The van der Waals surface area contributed by atoms with Crippen LogP contribution in [0.1, 0.15) is 30.3 Å². The summed E-state index contributed by atoms with van der Waals surface area (Å²) in [7, 11) is 1.80. The molecule has 72 valence electrons. The predicted octanol–water partition coefficient (Wildman–Crippen LogP) is 2.45. The third kappa shape index (κ3) is 1.39. The van der Waals surface area contributed by atoms with Crippen LogP contribution >= 0.6 is 0 Å². The molecule has 0 saturated heterocycles. The van der Waals surface area contributed by atoms with Crippen molar-refractivity contribution in [1.82, 2.24) is 4.57 Å². The Bertz CT molecular complexity index is 278. The van der Waals surface area contributed by atoms with E-state index in [0.29, 0.717) is 12.1 Å². The predicted molar refractivity (Wildman–Crippen MR) is 53.0 cm³/mol. The molecular weight excluding hydrogens is 162 g/mol. The topological polar surface area (TPSA) is 14.2 Å². The van der Waals surface area contributed by atoms with Gasteiger partial charge in [-0.2, -0.15) is 0 Å². The maximum absolute atomic E-state index is 5.28. The van der Waals surface area contributed by atoms with Gasteiger partial charge in [0.2, 0.25) is 0 Å². The van der Waals surface area contributed by atoms with Gasteiger partial charge in [-0.1, -0.05) is 0 Å². The second-order valence-corrected chi connectivity index (χ2v) is 3.97. The van der Waals surface area contributed by atoms with Crippen molar-refractivity contribution in [1.29, 1.82) is 0 Å². The molecule has 1 aliphatic carbocycles. The molecule has 1 aliphatic rings. The Labute approximate surface area is 79.5 Å². The van der Waals surface area contributed by atoms with E-state index in [1.807, 2.05) is 0 Å². The lowest BCUT2D eigenvalue weighted by Crippen LogP contribution is -2.33. The van der Waals surface area contributed by atoms with Crippen molar-refractivity contribution in [3.8, 4) is 0 Å². The van der Waals surface area contributed by atoms with E-state index in [2.05, 4.69) is 30.5 Å². The second-order valence-electron chi connectivity index (χ2n) is 3.97. The highest BCUT2D eigenvalue weighted by Gasteiger charge is 2.31. The Morgan fingerprint density at radius 1 is 1.23 bits per heavy atom. The fraction of sp³-hybridized carbons (Fsp3) is 0.636. The molecule has 2 nitrogen and oxygen atoms in total. The summed E-state index contributed by atoms with van der Waals surface area (Å²) in [6, 6.07) is 5.06. The highest BCUT2D eigenvalue weighted by atomic mass is 16.5. The monoisotopic (exact) mass is 179 g/mol. The molecule has 0 amide bonds. The van der Waals surface area contributed by atoms with Crippen LogP contribution in [0, 0.1) is 13.8 Å². The van der Waals surface area contributed by atoms with Crippen LogP contribution in [0.4, 0.5) is 0 Å². The van der Waals surface area contributed by atoms with Crippen LogP contribution in [-0.2, 0) is 4.74 Å². The lowest BCUT2D eigenvalue weighted by atomic mass is 9.88. The molecule has 0 aromatic carbocycles. The van der Waals surface area contributed by atoms with Crippen molar-refractivity contribution in [3.63, 3.8) is 0 Å². The van der Waals surface area contributed by atoms with Crippen LogP contribution in [0.5, 0.6) is 0 Å². The van der Waals surface area contributed by atoms with Crippen molar-refractivity contribution in [2.45, 2.75) is 38.8 Å². The molecule has 1 aromatic heterocycles. The first-order valence-corrected chi connectivity index (χ1v) is 4.89. The zero-order chi connectivity index (χ0) is 9.42. The molecule has 13 heavy (non-hydrogen) atoms. The summed E-state index contributed by atoms with van der Waals surface area (Å²) >= 11 is 0. The maximum Gasteiger partial charge on any atom is 0.0610 e. The van der Waals surface area contributed by atoms with E-state index in [9.17, 15) is 0 Å². The molecule has 2 heteroatoms. The second kappa shape index (κ2) is 3.18. The largest absolute Gasteiger partial charge is 0.381 e. The highest BCUT2D eigenvalue weighted by molar-refractivity contribution is 5.16. The molecular formula is C11H17NO. The molecule has 0 spiro atoms. The van der Waals surface area contributed by atoms with Crippen molar-refractivity contribution in [2.75, 3.05) is 7.11 Å². The standard InChI is InChI=1S/C11H17NO/c1-8-4-5-9(2)12(8)10-6-11(7-10)13-3/h4-5,10-11H,6-7H2,1-3H3. The number of methoxy groups -OCH3 is 1. The number of hydrogen-bond donors (Lipinski definition) is 0. The normalized spacial score (nSPS) is 27.3. The molecule has 1 fully saturated rings. The van der Waals surface area contributed by atoms with Gasteiger partial charge in [0.05, 0.1) is 6.10 Å². The number of aromatic nitrogens is 1. The van der Waals surface area contributed by atoms with E-state index in [4.69, 9.17) is 4.74 Å². The summed E-state index contributed by atoms with van der Waals surface area (Å²) in [5, 5.41) is 0. The molecule has 1 aromatic rings. The van der Waals surface area contributed by atoms with Crippen molar-refractivity contribution >= 4 is 0 Å². The Balaban J connectivity index is 2.10.